The topological polar surface area (TPSA) is 102 Å². The summed E-state index contributed by atoms with van der Waals surface area (Å²) in [5, 5.41) is 4.34. The van der Waals surface area contributed by atoms with Crippen molar-refractivity contribution < 1.29 is 22.7 Å². The standard InChI is InChI=1S/C12H16N2O5S2/c15-10(14-9-3-4-9)8-19-11(16)5-6-13-21(17,18)12-2-1-7-20-12/h1-2,7,9,13H,3-6,8H2,(H,14,15). The first-order valence-electron chi connectivity index (χ1n) is 6.45. The molecular weight excluding hydrogens is 316 g/mol. The first-order chi connectivity index (χ1) is 9.97. The Balaban J connectivity index is 1.63. The van der Waals surface area contributed by atoms with Crippen LogP contribution in [0.5, 0.6) is 0 Å². The first kappa shape index (κ1) is 15.9. The summed E-state index contributed by atoms with van der Waals surface area (Å²) in [6.07, 6.45) is 1.80. The third-order valence-corrected chi connectivity index (χ3v) is 5.55. The van der Waals surface area contributed by atoms with Gasteiger partial charge in [-0.2, -0.15) is 0 Å². The summed E-state index contributed by atoms with van der Waals surface area (Å²) < 4.78 is 30.8. The highest BCUT2D eigenvalue weighted by molar-refractivity contribution is 7.91. The van der Waals surface area contributed by atoms with Crippen molar-refractivity contribution in [2.45, 2.75) is 29.5 Å². The number of amides is 1. The lowest BCUT2D eigenvalue weighted by molar-refractivity contribution is -0.148. The Labute approximate surface area is 126 Å². The number of ether oxygens (including phenoxy) is 1. The minimum absolute atomic E-state index is 0.0662. The summed E-state index contributed by atoms with van der Waals surface area (Å²) >= 11 is 1.09. The summed E-state index contributed by atoms with van der Waals surface area (Å²) in [5.41, 5.74) is 0. The van der Waals surface area contributed by atoms with Crippen molar-refractivity contribution in [3.05, 3.63) is 17.5 Å². The Morgan fingerprint density at radius 3 is 2.76 bits per heavy atom. The fourth-order valence-corrected chi connectivity index (χ4v) is 3.56. The molecule has 0 aliphatic heterocycles. The van der Waals surface area contributed by atoms with Gasteiger partial charge in [-0.25, -0.2) is 13.1 Å². The molecule has 0 atom stereocenters. The number of sulfonamides is 1. The second kappa shape index (κ2) is 7.01. The van der Waals surface area contributed by atoms with E-state index in [1.54, 1.807) is 11.4 Å². The van der Waals surface area contributed by atoms with Crippen molar-refractivity contribution >= 4 is 33.2 Å². The van der Waals surface area contributed by atoms with E-state index >= 15 is 0 Å². The van der Waals surface area contributed by atoms with Gasteiger partial charge in [0.05, 0.1) is 6.42 Å². The SMILES string of the molecule is O=C(COC(=O)CCNS(=O)(=O)c1cccs1)NC1CC1. The van der Waals surface area contributed by atoms with Crippen LogP contribution in [0.2, 0.25) is 0 Å². The molecule has 21 heavy (non-hydrogen) atoms. The van der Waals surface area contributed by atoms with E-state index in [0.717, 1.165) is 24.2 Å². The lowest BCUT2D eigenvalue weighted by Gasteiger charge is -2.06. The van der Waals surface area contributed by atoms with Gasteiger partial charge in [-0.1, -0.05) is 6.07 Å². The summed E-state index contributed by atoms with van der Waals surface area (Å²) in [7, 11) is -3.57. The number of esters is 1. The molecule has 1 aliphatic rings. The highest BCUT2D eigenvalue weighted by Crippen LogP contribution is 2.18. The van der Waals surface area contributed by atoms with Gasteiger partial charge >= 0.3 is 5.97 Å². The maximum atomic E-state index is 11.8. The second-order valence-corrected chi connectivity index (χ2v) is 7.52. The molecule has 1 amide bonds. The van der Waals surface area contributed by atoms with Crippen LogP contribution in [0.4, 0.5) is 0 Å². The van der Waals surface area contributed by atoms with Crippen molar-refractivity contribution in [2.24, 2.45) is 0 Å². The molecule has 1 heterocycles. The van der Waals surface area contributed by atoms with Crippen LogP contribution in [0.3, 0.4) is 0 Å². The number of carbonyl (C=O) groups excluding carboxylic acids is 2. The lowest BCUT2D eigenvalue weighted by Crippen LogP contribution is -2.31. The first-order valence-corrected chi connectivity index (χ1v) is 8.82. The summed E-state index contributed by atoms with van der Waals surface area (Å²) in [6, 6.07) is 3.33. The zero-order chi connectivity index (χ0) is 15.3. The van der Waals surface area contributed by atoms with Crippen LogP contribution < -0.4 is 10.0 Å². The Bertz CT molecular complexity index is 593. The fourth-order valence-electron chi connectivity index (χ4n) is 1.49. The van der Waals surface area contributed by atoms with Crippen molar-refractivity contribution in [2.75, 3.05) is 13.2 Å². The van der Waals surface area contributed by atoms with Crippen molar-refractivity contribution in [3.8, 4) is 0 Å². The minimum atomic E-state index is -3.57. The van der Waals surface area contributed by atoms with Gasteiger partial charge in [0.1, 0.15) is 4.21 Å². The van der Waals surface area contributed by atoms with E-state index < -0.39 is 16.0 Å². The molecule has 2 N–H and O–H groups in total. The van der Waals surface area contributed by atoms with Gasteiger partial charge in [0.15, 0.2) is 6.61 Å². The molecule has 0 radical (unpaired) electrons. The molecule has 1 aromatic heterocycles. The molecule has 0 saturated heterocycles. The quantitative estimate of drug-likeness (QED) is 0.664. The van der Waals surface area contributed by atoms with E-state index in [1.165, 1.54) is 6.07 Å². The van der Waals surface area contributed by atoms with E-state index in [1.807, 2.05) is 0 Å². The van der Waals surface area contributed by atoms with Gasteiger partial charge in [-0.05, 0) is 24.3 Å². The van der Waals surface area contributed by atoms with E-state index in [2.05, 4.69) is 10.0 Å². The van der Waals surface area contributed by atoms with Crippen LogP contribution in [0, 0.1) is 0 Å². The Morgan fingerprint density at radius 1 is 1.38 bits per heavy atom. The summed E-state index contributed by atoms with van der Waals surface area (Å²) in [5.74, 6) is -0.945. The molecule has 0 bridgehead atoms. The van der Waals surface area contributed by atoms with Crippen LogP contribution in [-0.4, -0.2) is 39.5 Å². The van der Waals surface area contributed by atoms with Gasteiger partial charge < -0.3 is 10.1 Å². The predicted octanol–water partition coefficient (Wildman–Crippen LogP) is 0.238. The molecule has 1 aliphatic carbocycles. The summed E-state index contributed by atoms with van der Waals surface area (Å²) in [4.78, 5) is 22.7. The van der Waals surface area contributed by atoms with Gasteiger partial charge in [0.25, 0.3) is 5.91 Å². The molecule has 9 heteroatoms. The molecule has 7 nitrogen and oxygen atoms in total. The third kappa shape index (κ3) is 5.44. The van der Waals surface area contributed by atoms with Crippen molar-refractivity contribution in [3.63, 3.8) is 0 Å². The number of carbonyl (C=O) groups is 2. The summed E-state index contributed by atoms with van der Waals surface area (Å²) in [6.45, 7) is -0.393. The Morgan fingerprint density at radius 2 is 2.14 bits per heavy atom. The van der Waals surface area contributed by atoms with Gasteiger partial charge in [-0.3, -0.25) is 9.59 Å². The van der Waals surface area contributed by atoms with Crippen molar-refractivity contribution in [1.29, 1.82) is 0 Å². The molecular formula is C12H16N2O5S2. The van der Waals surface area contributed by atoms with Crippen molar-refractivity contribution in [1.82, 2.24) is 10.0 Å². The third-order valence-electron chi connectivity index (χ3n) is 2.69. The molecule has 0 unspecified atom stereocenters. The number of hydrogen-bond acceptors (Lipinski definition) is 6. The van der Waals surface area contributed by atoms with E-state index in [0.29, 0.717) is 0 Å². The van der Waals surface area contributed by atoms with E-state index in [-0.39, 0.29) is 35.7 Å². The molecule has 2 rings (SSSR count). The minimum Gasteiger partial charge on any atom is -0.456 e. The van der Waals surface area contributed by atoms with E-state index in [4.69, 9.17) is 4.74 Å². The zero-order valence-corrected chi connectivity index (χ0v) is 12.8. The molecule has 1 aromatic rings. The van der Waals surface area contributed by atoms with Gasteiger partial charge in [-0.15, -0.1) is 11.3 Å². The van der Waals surface area contributed by atoms with Crippen LogP contribution in [0.15, 0.2) is 21.7 Å². The highest BCUT2D eigenvalue weighted by atomic mass is 32.2. The highest BCUT2D eigenvalue weighted by Gasteiger charge is 2.23. The number of nitrogens with one attached hydrogen (secondary N) is 2. The Kier molecular flexibility index (Phi) is 5.32. The molecule has 1 fully saturated rings. The average molecular weight is 332 g/mol. The zero-order valence-electron chi connectivity index (χ0n) is 11.2. The van der Waals surface area contributed by atoms with Gasteiger partial charge in [0, 0.05) is 12.6 Å². The number of rotatable bonds is 8. The fraction of sp³-hybridized carbons (Fsp3) is 0.500. The lowest BCUT2D eigenvalue weighted by atomic mass is 10.4. The van der Waals surface area contributed by atoms with Gasteiger partial charge in [0.2, 0.25) is 10.0 Å². The number of hydrogen-bond donors (Lipinski definition) is 2. The average Bonchev–Trinajstić information content (AvgIpc) is 3.06. The maximum absolute atomic E-state index is 11.8. The second-order valence-electron chi connectivity index (χ2n) is 4.58. The number of thiophene rings is 1. The predicted molar refractivity (Wildman–Crippen MR) is 76.2 cm³/mol. The molecule has 0 spiro atoms. The van der Waals surface area contributed by atoms with Crippen LogP contribution in [0.1, 0.15) is 19.3 Å². The Hall–Kier alpha value is -1.45. The van der Waals surface area contributed by atoms with Crippen LogP contribution >= 0.6 is 11.3 Å². The van der Waals surface area contributed by atoms with Crippen LogP contribution in [0.25, 0.3) is 0 Å². The van der Waals surface area contributed by atoms with E-state index in [9.17, 15) is 18.0 Å². The molecule has 116 valence electrons. The van der Waals surface area contributed by atoms with Crippen LogP contribution in [-0.2, 0) is 24.3 Å². The maximum Gasteiger partial charge on any atom is 0.307 e. The molecule has 0 aromatic carbocycles. The smallest absolute Gasteiger partial charge is 0.307 e. The normalized spacial score (nSPS) is 14.7. The largest absolute Gasteiger partial charge is 0.456 e. The molecule has 1 saturated carbocycles. The monoisotopic (exact) mass is 332 g/mol.